The largest absolute Gasteiger partial charge is 0.326 e. The second-order valence-electron chi connectivity index (χ2n) is 7.21. The fourth-order valence-electron chi connectivity index (χ4n) is 3.18. The Morgan fingerprint density at radius 2 is 2.00 bits per heavy atom. The van der Waals surface area contributed by atoms with Crippen LogP contribution in [-0.2, 0) is 22.8 Å². The van der Waals surface area contributed by atoms with E-state index in [9.17, 15) is 13.2 Å². The molecule has 0 fully saturated rings. The number of hydrogen-bond acceptors (Lipinski definition) is 7. The topological polar surface area (TPSA) is 123 Å². The van der Waals surface area contributed by atoms with Crippen molar-refractivity contribution in [1.29, 1.82) is 0 Å². The highest BCUT2D eigenvalue weighted by atomic mass is 32.2. The smallest absolute Gasteiger partial charge is 0.280 e. The van der Waals surface area contributed by atoms with Crippen molar-refractivity contribution in [2.24, 2.45) is 0 Å². The number of nitrogens with one attached hydrogen (secondary N) is 2. The van der Waals surface area contributed by atoms with Crippen molar-refractivity contribution in [3.05, 3.63) is 39.7 Å². The van der Waals surface area contributed by atoms with Gasteiger partial charge in [0.25, 0.3) is 5.56 Å². The molecule has 2 N–H and O–H groups in total. The number of H-pyrrole nitrogens is 1. The Hall–Kier alpha value is -2.75. The van der Waals surface area contributed by atoms with Gasteiger partial charge in [-0.2, -0.15) is 4.98 Å². The van der Waals surface area contributed by atoms with Crippen LogP contribution in [0.2, 0.25) is 0 Å². The second-order valence-corrected chi connectivity index (χ2v) is 9.47. The van der Waals surface area contributed by atoms with Gasteiger partial charge in [0.2, 0.25) is 11.6 Å². The molecule has 3 rings (SSSR count). The number of unbranched alkanes of at least 4 members (excludes halogenated alkanes) is 2. The molecule has 29 heavy (non-hydrogen) atoms. The number of aryl methyl sites for hydroxylation is 3. The van der Waals surface area contributed by atoms with Crippen molar-refractivity contribution in [3.63, 3.8) is 0 Å². The molecule has 2 heterocycles. The summed E-state index contributed by atoms with van der Waals surface area (Å²) in [7, 11) is -2.94. The van der Waals surface area contributed by atoms with Crippen LogP contribution in [0, 0.1) is 6.92 Å². The Morgan fingerprint density at radius 1 is 1.21 bits per heavy atom. The van der Waals surface area contributed by atoms with Gasteiger partial charge in [0, 0.05) is 24.2 Å². The molecule has 0 aliphatic rings. The molecule has 0 aliphatic carbocycles. The molecule has 0 atom stereocenters. The van der Waals surface area contributed by atoms with Crippen molar-refractivity contribution in [2.45, 2.75) is 46.1 Å². The lowest BCUT2D eigenvalue weighted by molar-refractivity contribution is 0.545. The van der Waals surface area contributed by atoms with E-state index in [4.69, 9.17) is 0 Å². The van der Waals surface area contributed by atoms with E-state index < -0.39 is 9.84 Å². The molecule has 10 heteroatoms. The van der Waals surface area contributed by atoms with Crippen molar-refractivity contribution in [1.82, 2.24) is 25.0 Å². The van der Waals surface area contributed by atoms with Crippen molar-refractivity contribution in [3.8, 4) is 0 Å². The van der Waals surface area contributed by atoms with Crippen LogP contribution in [0.4, 0.5) is 11.6 Å². The summed E-state index contributed by atoms with van der Waals surface area (Å²) < 4.78 is 23.9. The summed E-state index contributed by atoms with van der Waals surface area (Å²) in [5.74, 6) is 0.481. The standard InChI is InChI=1S/C19H26N6O3S/c1-4-14-12-15(9-8-13(14)2)20-19-21-17-16(18(26)22-19)25(24-23-17)10-6-5-7-11-29(3,27)28/h8-9,12H,4-7,10-11H2,1-3H3,(H2,20,21,22,26). The molecule has 0 spiro atoms. The molecule has 156 valence electrons. The quantitative estimate of drug-likeness (QED) is 0.511. The van der Waals surface area contributed by atoms with E-state index in [2.05, 4.69) is 39.4 Å². The van der Waals surface area contributed by atoms with Crippen LogP contribution >= 0.6 is 0 Å². The zero-order valence-electron chi connectivity index (χ0n) is 16.9. The highest BCUT2D eigenvalue weighted by molar-refractivity contribution is 7.90. The lowest BCUT2D eigenvalue weighted by Gasteiger charge is -2.09. The summed E-state index contributed by atoms with van der Waals surface area (Å²) >= 11 is 0. The molecule has 3 aromatic rings. The molecule has 9 nitrogen and oxygen atoms in total. The minimum atomic E-state index is -2.94. The maximum atomic E-state index is 12.6. The van der Waals surface area contributed by atoms with Crippen LogP contribution in [0.1, 0.15) is 37.3 Å². The average Bonchev–Trinajstić information content (AvgIpc) is 3.05. The maximum Gasteiger partial charge on any atom is 0.280 e. The van der Waals surface area contributed by atoms with Gasteiger partial charge in [0.15, 0.2) is 5.52 Å². The summed E-state index contributed by atoms with van der Waals surface area (Å²) in [4.78, 5) is 19.7. The van der Waals surface area contributed by atoms with Crippen LogP contribution in [-0.4, -0.2) is 45.4 Å². The number of rotatable bonds is 9. The van der Waals surface area contributed by atoms with Crippen LogP contribution in [0.5, 0.6) is 0 Å². The Bertz CT molecular complexity index is 1170. The third-order valence-corrected chi connectivity index (χ3v) is 5.79. The number of sulfone groups is 1. The second kappa shape index (κ2) is 8.73. The number of aromatic nitrogens is 5. The Labute approximate surface area is 169 Å². The molecule has 0 saturated heterocycles. The van der Waals surface area contributed by atoms with Crippen LogP contribution in [0.15, 0.2) is 23.0 Å². The van der Waals surface area contributed by atoms with Gasteiger partial charge in [0.1, 0.15) is 9.84 Å². The number of nitrogens with zero attached hydrogens (tertiary/aromatic N) is 4. The first-order chi connectivity index (χ1) is 13.8. The molecule has 1 aromatic carbocycles. The molecular weight excluding hydrogens is 392 g/mol. The first kappa shape index (κ1) is 21.0. The molecule has 2 aromatic heterocycles. The maximum absolute atomic E-state index is 12.6. The molecule has 0 unspecified atom stereocenters. The van der Waals surface area contributed by atoms with Gasteiger partial charge in [0.05, 0.1) is 0 Å². The number of hydrogen-bond donors (Lipinski definition) is 2. The van der Waals surface area contributed by atoms with E-state index >= 15 is 0 Å². The van der Waals surface area contributed by atoms with Gasteiger partial charge >= 0.3 is 0 Å². The van der Waals surface area contributed by atoms with Gasteiger partial charge in [-0.1, -0.05) is 24.6 Å². The zero-order chi connectivity index (χ0) is 21.0. The Morgan fingerprint density at radius 3 is 2.72 bits per heavy atom. The fourth-order valence-corrected chi connectivity index (χ4v) is 3.91. The summed E-state index contributed by atoms with van der Waals surface area (Å²) in [6.45, 7) is 4.64. The highest BCUT2D eigenvalue weighted by Gasteiger charge is 2.12. The Kier molecular flexibility index (Phi) is 6.31. The van der Waals surface area contributed by atoms with Crippen molar-refractivity contribution in [2.75, 3.05) is 17.3 Å². The van der Waals surface area contributed by atoms with Gasteiger partial charge in [-0.3, -0.25) is 9.78 Å². The number of benzene rings is 1. The van der Waals surface area contributed by atoms with E-state index in [1.54, 1.807) is 0 Å². The average molecular weight is 419 g/mol. The lowest BCUT2D eigenvalue weighted by Crippen LogP contribution is -2.15. The number of anilines is 2. The molecule has 0 aliphatic heterocycles. The summed E-state index contributed by atoms with van der Waals surface area (Å²) in [6, 6.07) is 6.00. The molecule has 0 radical (unpaired) electrons. The first-order valence-electron chi connectivity index (χ1n) is 9.64. The summed E-state index contributed by atoms with van der Waals surface area (Å²) in [5, 5.41) is 11.2. The van der Waals surface area contributed by atoms with Crippen molar-refractivity contribution < 1.29 is 8.42 Å². The molecule has 0 amide bonds. The monoisotopic (exact) mass is 418 g/mol. The van der Waals surface area contributed by atoms with Gasteiger partial charge in [-0.05, 0) is 49.4 Å². The summed E-state index contributed by atoms with van der Waals surface area (Å²) in [5.41, 5.74) is 3.55. The van der Waals surface area contributed by atoms with Gasteiger partial charge < -0.3 is 5.32 Å². The highest BCUT2D eigenvalue weighted by Crippen LogP contribution is 2.19. The SMILES string of the molecule is CCc1cc(Nc2nc3nnn(CCCCCS(C)(=O)=O)c3c(=O)[nH]2)ccc1C. The van der Waals surface area contributed by atoms with E-state index in [0.29, 0.717) is 30.9 Å². The van der Waals surface area contributed by atoms with Crippen LogP contribution in [0.25, 0.3) is 11.2 Å². The van der Waals surface area contributed by atoms with Crippen molar-refractivity contribution >= 4 is 32.6 Å². The van der Waals surface area contributed by atoms with E-state index in [-0.39, 0.29) is 17.0 Å². The number of aromatic amines is 1. The number of fused-ring (bicyclic) bond motifs is 1. The zero-order valence-corrected chi connectivity index (χ0v) is 17.7. The fraction of sp³-hybridized carbons (Fsp3) is 0.474. The van der Waals surface area contributed by atoms with E-state index in [0.717, 1.165) is 18.5 Å². The minimum absolute atomic E-state index is 0.168. The third kappa shape index (κ3) is 5.41. The molecule has 0 saturated carbocycles. The van der Waals surface area contributed by atoms with E-state index in [1.807, 2.05) is 18.2 Å². The third-order valence-electron chi connectivity index (χ3n) is 4.76. The lowest BCUT2D eigenvalue weighted by atomic mass is 10.1. The summed E-state index contributed by atoms with van der Waals surface area (Å²) in [6.07, 6.45) is 4.17. The predicted molar refractivity (Wildman–Crippen MR) is 113 cm³/mol. The predicted octanol–water partition coefficient (Wildman–Crippen LogP) is 2.34. The normalized spacial score (nSPS) is 11.8. The van der Waals surface area contributed by atoms with Gasteiger partial charge in [-0.25, -0.2) is 13.1 Å². The van der Waals surface area contributed by atoms with Crippen LogP contribution in [0.3, 0.4) is 0 Å². The van der Waals surface area contributed by atoms with Crippen LogP contribution < -0.4 is 10.9 Å². The van der Waals surface area contributed by atoms with Gasteiger partial charge in [-0.15, -0.1) is 5.10 Å². The molecular formula is C19H26N6O3S. The Balaban J connectivity index is 1.71. The van der Waals surface area contributed by atoms with E-state index in [1.165, 1.54) is 22.1 Å². The minimum Gasteiger partial charge on any atom is -0.326 e. The first-order valence-corrected chi connectivity index (χ1v) is 11.7. The molecule has 0 bridgehead atoms.